The fraction of sp³-hybridized carbons (Fsp3) is 0.400. The van der Waals surface area contributed by atoms with E-state index < -0.39 is 6.10 Å². The second-order valence-electron chi connectivity index (χ2n) is 5.00. The molecule has 0 spiro atoms. The van der Waals surface area contributed by atoms with Crippen LogP contribution in [0.2, 0.25) is 0 Å². The molecule has 19 heavy (non-hydrogen) atoms. The topological polar surface area (TPSA) is 65.1 Å². The minimum Gasteiger partial charge on any atom is -0.393 e. The lowest BCUT2D eigenvalue weighted by Gasteiger charge is -2.07. The van der Waals surface area contributed by atoms with Gasteiger partial charge in [0.15, 0.2) is 0 Å². The summed E-state index contributed by atoms with van der Waals surface area (Å²) in [6.07, 6.45) is 0.163. The zero-order valence-corrected chi connectivity index (χ0v) is 11.6. The molecule has 0 bridgehead atoms. The van der Waals surface area contributed by atoms with E-state index in [2.05, 4.69) is 10.3 Å². The van der Waals surface area contributed by atoms with Crippen LogP contribution in [-0.2, 0) is 0 Å². The van der Waals surface area contributed by atoms with Crippen LogP contribution < -0.4 is 5.32 Å². The molecule has 1 unspecified atom stereocenters. The number of rotatable bonds is 4. The van der Waals surface area contributed by atoms with Gasteiger partial charge in [0.2, 0.25) is 0 Å². The average molecular weight is 260 g/mol. The molecule has 0 fully saturated rings. The number of fused-ring (bicyclic) bond motifs is 1. The molecule has 2 rings (SSSR count). The standard InChI is InChI=1S/C15H20N2O2/c1-9(18)7-8-16-15(19)13-6-4-5-12-10(2)11(3)17-14(12)13/h4-6,9,17-18H,7-8H2,1-3H3,(H,16,19). The van der Waals surface area contributed by atoms with E-state index in [9.17, 15) is 9.90 Å². The normalized spacial score (nSPS) is 12.6. The van der Waals surface area contributed by atoms with E-state index in [4.69, 9.17) is 0 Å². The Morgan fingerprint density at radius 2 is 2.16 bits per heavy atom. The molecule has 0 aliphatic heterocycles. The van der Waals surface area contributed by atoms with Crippen molar-refractivity contribution >= 4 is 16.8 Å². The number of amides is 1. The molecule has 4 nitrogen and oxygen atoms in total. The van der Waals surface area contributed by atoms with Crippen molar-refractivity contribution in [3.63, 3.8) is 0 Å². The number of aryl methyl sites for hydroxylation is 2. The Kier molecular flexibility index (Phi) is 3.90. The van der Waals surface area contributed by atoms with E-state index >= 15 is 0 Å². The summed E-state index contributed by atoms with van der Waals surface area (Å²) in [5, 5.41) is 13.1. The first kappa shape index (κ1) is 13.6. The minimum atomic E-state index is -0.397. The number of aliphatic hydroxyl groups is 1. The Morgan fingerprint density at radius 1 is 1.42 bits per heavy atom. The van der Waals surface area contributed by atoms with E-state index in [1.54, 1.807) is 6.92 Å². The summed E-state index contributed by atoms with van der Waals surface area (Å²) in [4.78, 5) is 15.4. The Balaban J connectivity index is 2.25. The second-order valence-corrected chi connectivity index (χ2v) is 5.00. The van der Waals surface area contributed by atoms with Gasteiger partial charge in [-0.1, -0.05) is 12.1 Å². The number of aromatic nitrogens is 1. The summed E-state index contributed by atoms with van der Waals surface area (Å²) in [5.41, 5.74) is 3.79. The maximum Gasteiger partial charge on any atom is 0.253 e. The number of benzene rings is 1. The maximum atomic E-state index is 12.1. The quantitative estimate of drug-likeness (QED) is 0.789. The van der Waals surface area contributed by atoms with Gasteiger partial charge in [-0.15, -0.1) is 0 Å². The number of para-hydroxylation sites is 1. The largest absolute Gasteiger partial charge is 0.393 e. The van der Waals surface area contributed by atoms with Crippen LogP contribution in [-0.4, -0.2) is 28.6 Å². The van der Waals surface area contributed by atoms with Crippen molar-refractivity contribution in [2.45, 2.75) is 33.3 Å². The Bertz CT molecular complexity index is 599. The van der Waals surface area contributed by atoms with Gasteiger partial charge in [-0.3, -0.25) is 4.79 Å². The molecular formula is C15H20N2O2. The first-order valence-corrected chi connectivity index (χ1v) is 6.55. The lowest BCUT2D eigenvalue weighted by molar-refractivity contribution is 0.0947. The van der Waals surface area contributed by atoms with E-state index in [0.717, 1.165) is 16.6 Å². The molecule has 1 amide bonds. The highest BCUT2D eigenvalue weighted by Gasteiger charge is 2.13. The van der Waals surface area contributed by atoms with Gasteiger partial charge in [0, 0.05) is 17.6 Å². The van der Waals surface area contributed by atoms with Gasteiger partial charge in [0.1, 0.15) is 0 Å². The van der Waals surface area contributed by atoms with Gasteiger partial charge in [-0.2, -0.15) is 0 Å². The van der Waals surface area contributed by atoms with Crippen molar-refractivity contribution in [2.24, 2.45) is 0 Å². The number of carbonyl (C=O) groups excluding carboxylic acids is 1. The van der Waals surface area contributed by atoms with E-state index in [1.165, 1.54) is 5.56 Å². The number of hydrogen-bond donors (Lipinski definition) is 3. The van der Waals surface area contributed by atoms with Gasteiger partial charge in [-0.05, 0) is 38.8 Å². The summed E-state index contributed by atoms with van der Waals surface area (Å²) in [6.45, 7) is 6.24. The summed E-state index contributed by atoms with van der Waals surface area (Å²) < 4.78 is 0. The number of aliphatic hydroxyl groups excluding tert-OH is 1. The fourth-order valence-corrected chi connectivity index (χ4v) is 2.16. The molecule has 2 aromatic rings. The van der Waals surface area contributed by atoms with Gasteiger partial charge in [-0.25, -0.2) is 0 Å². The molecule has 0 saturated carbocycles. The Morgan fingerprint density at radius 3 is 2.84 bits per heavy atom. The van der Waals surface area contributed by atoms with Gasteiger partial charge in [0.05, 0.1) is 17.2 Å². The van der Waals surface area contributed by atoms with Crippen molar-refractivity contribution < 1.29 is 9.90 Å². The molecule has 0 aliphatic carbocycles. The lowest BCUT2D eigenvalue weighted by atomic mass is 10.1. The SMILES string of the molecule is Cc1[nH]c2c(C(=O)NCCC(C)O)cccc2c1C. The van der Waals surface area contributed by atoms with Crippen LogP contribution in [0.25, 0.3) is 10.9 Å². The van der Waals surface area contributed by atoms with Crippen LogP contribution in [0.4, 0.5) is 0 Å². The van der Waals surface area contributed by atoms with Crippen molar-refractivity contribution in [3.8, 4) is 0 Å². The van der Waals surface area contributed by atoms with Crippen molar-refractivity contribution in [3.05, 3.63) is 35.0 Å². The van der Waals surface area contributed by atoms with Gasteiger partial charge < -0.3 is 15.4 Å². The highest BCUT2D eigenvalue weighted by Crippen LogP contribution is 2.24. The second kappa shape index (κ2) is 5.45. The molecule has 3 N–H and O–H groups in total. The Hall–Kier alpha value is -1.81. The molecule has 0 saturated heterocycles. The average Bonchev–Trinajstić information content (AvgIpc) is 2.65. The highest BCUT2D eigenvalue weighted by molar-refractivity contribution is 6.06. The van der Waals surface area contributed by atoms with E-state index in [1.807, 2.05) is 32.0 Å². The number of carbonyl (C=O) groups is 1. The highest BCUT2D eigenvalue weighted by atomic mass is 16.3. The van der Waals surface area contributed by atoms with E-state index in [-0.39, 0.29) is 5.91 Å². The van der Waals surface area contributed by atoms with Crippen LogP contribution in [0.15, 0.2) is 18.2 Å². The third kappa shape index (κ3) is 2.79. The lowest BCUT2D eigenvalue weighted by Crippen LogP contribution is -2.26. The molecule has 1 heterocycles. The molecule has 102 valence electrons. The minimum absolute atomic E-state index is 0.104. The van der Waals surface area contributed by atoms with Crippen LogP contribution in [0.3, 0.4) is 0 Å². The molecular weight excluding hydrogens is 240 g/mol. The predicted octanol–water partition coefficient (Wildman–Crippen LogP) is 2.29. The first-order chi connectivity index (χ1) is 9.00. The predicted molar refractivity (Wildman–Crippen MR) is 76.4 cm³/mol. The van der Waals surface area contributed by atoms with Gasteiger partial charge >= 0.3 is 0 Å². The molecule has 1 aromatic heterocycles. The van der Waals surface area contributed by atoms with Crippen LogP contribution in [0, 0.1) is 13.8 Å². The number of nitrogens with one attached hydrogen (secondary N) is 2. The van der Waals surface area contributed by atoms with Crippen LogP contribution >= 0.6 is 0 Å². The van der Waals surface area contributed by atoms with E-state index in [0.29, 0.717) is 18.5 Å². The molecule has 0 radical (unpaired) electrons. The van der Waals surface area contributed by atoms with Crippen molar-refractivity contribution in [2.75, 3.05) is 6.54 Å². The van der Waals surface area contributed by atoms with Crippen LogP contribution in [0.1, 0.15) is 35.0 Å². The van der Waals surface area contributed by atoms with Crippen molar-refractivity contribution in [1.82, 2.24) is 10.3 Å². The zero-order chi connectivity index (χ0) is 14.0. The fourth-order valence-electron chi connectivity index (χ4n) is 2.16. The number of aromatic amines is 1. The molecule has 1 aromatic carbocycles. The number of H-pyrrole nitrogens is 1. The molecule has 4 heteroatoms. The van der Waals surface area contributed by atoms with Gasteiger partial charge in [0.25, 0.3) is 5.91 Å². The third-order valence-electron chi connectivity index (χ3n) is 3.44. The zero-order valence-electron chi connectivity index (χ0n) is 11.6. The summed E-state index contributed by atoms with van der Waals surface area (Å²) >= 11 is 0. The first-order valence-electron chi connectivity index (χ1n) is 6.55. The summed E-state index contributed by atoms with van der Waals surface area (Å²) in [5.74, 6) is -0.104. The summed E-state index contributed by atoms with van der Waals surface area (Å²) in [7, 11) is 0. The van der Waals surface area contributed by atoms with Crippen LogP contribution in [0.5, 0.6) is 0 Å². The molecule has 0 aliphatic rings. The monoisotopic (exact) mass is 260 g/mol. The van der Waals surface area contributed by atoms with Crippen molar-refractivity contribution in [1.29, 1.82) is 0 Å². The Labute approximate surface area is 112 Å². The summed E-state index contributed by atoms with van der Waals surface area (Å²) in [6, 6.07) is 5.72. The molecule has 1 atom stereocenters. The maximum absolute atomic E-state index is 12.1. The third-order valence-corrected chi connectivity index (χ3v) is 3.44. The number of hydrogen-bond acceptors (Lipinski definition) is 2. The smallest absolute Gasteiger partial charge is 0.253 e.